The second-order valence-electron chi connectivity index (χ2n) is 3.01. The van der Waals surface area contributed by atoms with Gasteiger partial charge in [-0.05, 0) is 12.8 Å². The molecule has 0 aromatic rings. The molecule has 0 aromatic carbocycles. The number of alkyl halides is 1. The van der Waals surface area contributed by atoms with E-state index in [1.165, 1.54) is 0 Å². The van der Waals surface area contributed by atoms with Gasteiger partial charge in [0.15, 0.2) is 0 Å². The third kappa shape index (κ3) is 1.68. The maximum atomic E-state index is 12.7. The molecular formula is C7H14FNO2. The molecule has 66 valence electrons. The third-order valence-electron chi connectivity index (χ3n) is 1.98. The number of hydrogen-bond acceptors (Lipinski definition) is 2. The Bertz CT molecular complexity index is 149. The van der Waals surface area contributed by atoms with Crippen molar-refractivity contribution in [2.45, 2.75) is 32.5 Å². The van der Waals surface area contributed by atoms with Crippen LogP contribution in [0.4, 0.5) is 4.39 Å². The predicted molar refractivity (Wildman–Crippen MR) is 40.0 cm³/mol. The Morgan fingerprint density at radius 1 is 1.55 bits per heavy atom. The smallest absolute Gasteiger partial charge is 0.326 e. The highest BCUT2D eigenvalue weighted by molar-refractivity contribution is 5.79. The molecule has 0 fully saturated rings. The number of carbonyl (C=O) groups is 1. The third-order valence-corrected chi connectivity index (χ3v) is 1.98. The highest BCUT2D eigenvalue weighted by Gasteiger charge is 2.43. The molecule has 0 rings (SSSR count). The van der Waals surface area contributed by atoms with Gasteiger partial charge in [-0.15, -0.1) is 0 Å². The lowest BCUT2D eigenvalue weighted by Crippen LogP contribution is -2.58. The van der Waals surface area contributed by atoms with Gasteiger partial charge in [-0.25, -0.2) is 4.39 Å². The molecule has 0 amide bonds. The number of carboxylic acids is 1. The maximum absolute atomic E-state index is 12.7. The van der Waals surface area contributed by atoms with Gasteiger partial charge in [0.1, 0.15) is 11.7 Å². The molecule has 0 saturated carbocycles. The summed E-state index contributed by atoms with van der Waals surface area (Å²) >= 11 is 0. The van der Waals surface area contributed by atoms with E-state index < -0.39 is 23.6 Å². The first-order valence-electron chi connectivity index (χ1n) is 3.49. The van der Waals surface area contributed by atoms with Crippen molar-refractivity contribution >= 4 is 5.97 Å². The Hall–Kier alpha value is -0.640. The normalized spacial score (nSPS) is 19.5. The van der Waals surface area contributed by atoms with E-state index in [0.717, 1.165) is 6.92 Å². The first kappa shape index (κ1) is 10.4. The summed E-state index contributed by atoms with van der Waals surface area (Å²) in [6.45, 7) is 4.34. The lowest BCUT2D eigenvalue weighted by molar-refractivity contribution is -0.148. The van der Waals surface area contributed by atoms with Gasteiger partial charge in [-0.3, -0.25) is 4.79 Å². The molecule has 0 bridgehead atoms. The Morgan fingerprint density at radius 2 is 1.91 bits per heavy atom. The van der Waals surface area contributed by atoms with Crippen molar-refractivity contribution in [1.29, 1.82) is 0 Å². The van der Waals surface area contributed by atoms with E-state index in [1.54, 1.807) is 13.8 Å². The van der Waals surface area contributed by atoms with Gasteiger partial charge in [0.05, 0.1) is 0 Å². The molecule has 3 nitrogen and oxygen atoms in total. The Morgan fingerprint density at radius 3 is 1.91 bits per heavy atom. The molecular weight excluding hydrogens is 149 g/mol. The van der Waals surface area contributed by atoms with E-state index in [0.29, 0.717) is 0 Å². The fourth-order valence-corrected chi connectivity index (χ4v) is 0.876. The largest absolute Gasteiger partial charge is 0.480 e. The van der Waals surface area contributed by atoms with Crippen molar-refractivity contribution in [3.05, 3.63) is 0 Å². The van der Waals surface area contributed by atoms with E-state index in [2.05, 4.69) is 0 Å². The molecule has 2 atom stereocenters. The zero-order valence-corrected chi connectivity index (χ0v) is 6.97. The van der Waals surface area contributed by atoms with Crippen LogP contribution >= 0.6 is 0 Å². The highest BCUT2D eigenvalue weighted by atomic mass is 19.1. The van der Waals surface area contributed by atoms with Crippen molar-refractivity contribution in [2.75, 3.05) is 0 Å². The van der Waals surface area contributed by atoms with Crippen LogP contribution < -0.4 is 5.73 Å². The van der Waals surface area contributed by atoms with Crippen LogP contribution in [0.15, 0.2) is 0 Å². The zero-order valence-electron chi connectivity index (χ0n) is 6.97. The van der Waals surface area contributed by atoms with Gasteiger partial charge in [0, 0.05) is 0 Å². The average molecular weight is 163 g/mol. The lowest BCUT2D eigenvalue weighted by atomic mass is 9.84. The van der Waals surface area contributed by atoms with Gasteiger partial charge < -0.3 is 10.8 Å². The monoisotopic (exact) mass is 163 g/mol. The summed E-state index contributed by atoms with van der Waals surface area (Å²) < 4.78 is 12.7. The van der Waals surface area contributed by atoms with Gasteiger partial charge in [0.25, 0.3) is 0 Å². The van der Waals surface area contributed by atoms with Crippen molar-refractivity contribution in [3.63, 3.8) is 0 Å². The van der Waals surface area contributed by atoms with Crippen LogP contribution in [0.5, 0.6) is 0 Å². The number of hydrogen-bond donors (Lipinski definition) is 2. The summed E-state index contributed by atoms with van der Waals surface area (Å²) in [5, 5.41) is 8.61. The molecule has 11 heavy (non-hydrogen) atoms. The summed E-state index contributed by atoms with van der Waals surface area (Å²) in [5.41, 5.74) is 3.60. The minimum Gasteiger partial charge on any atom is -0.480 e. The Labute approximate surface area is 65.4 Å². The summed E-state index contributed by atoms with van der Waals surface area (Å²) in [5.74, 6) is -1.71. The van der Waals surface area contributed by atoms with Gasteiger partial charge in [-0.1, -0.05) is 13.8 Å². The lowest BCUT2D eigenvalue weighted by Gasteiger charge is -2.29. The number of rotatable bonds is 3. The molecule has 0 aromatic heterocycles. The van der Waals surface area contributed by atoms with Crippen LogP contribution in [0.2, 0.25) is 0 Å². The molecule has 0 aliphatic carbocycles. The van der Waals surface area contributed by atoms with Crippen molar-refractivity contribution in [3.8, 4) is 0 Å². The fraction of sp³-hybridized carbons (Fsp3) is 0.857. The number of carboxylic acid groups (broad SMARTS) is 1. The maximum Gasteiger partial charge on any atom is 0.326 e. The zero-order chi connectivity index (χ0) is 9.23. The van der Waals surface area contributed by atoms with Crippen LogP contribution in [-0.2, 0) is 4.79 Å². The second kappa shape index (κ2) is 3.17. The standard InChI is InChI=1S/C7H14FNO2/c1-4(2)7(9,5(3)8)6(10)11/h4-5H,9H2,1-3H3,(H,10,11). The minimum absolute atomic E-state index is 0.417. The van der Waals surface area contributed by atoms with E-state index >= 15 is 0 Å². The predicted octanol–water partition coefficient (Wildman–Crippen LogP) is 0.782. The SMILES string of the molecule is CC(C)C(N)(C(=O)O)C(C)F. The fourth-order valence-electron chi connectivity index (χ4n) is 0.876. The number of aliphatic carboxylic acids is 1. The molecule has 4 heteroatoms. The quantitative estimate of drug-likeness (QED) is 0.646. The molecule has 0 saturated heterocycles. The van der Waals surface area contributed by atoms with Crippen molar-refractivity contribution in [1.82, 2.24) is 0 Å². The van der Waals surface area contributed by atoms with Crippen molar-refractivity contribution in [2.24, 2.45) is 11.7 Å². The van der Waals surface area contributed by atoms with E-state index in [-0.39, 0.29) is 0 Å². The topological polar surface area (TPSA) is 63.3 Å². The first-order chi connectivity index (χ1) is 4.83. The molecule has 3 N–H and O–H groups in total. The van der Waals surface area contributed by atoms with E-state index in [4.69, 9.17) is 10.8 Å². The van der Waals surface area contributed by atoms with Gasteiger partial charge in [0.2, 0.25) is 0 Å². The summed E-state index contributed by atoms with van der Waals surface area (Å²) in [7, 11) is 0. The molecule has 2 unspecified atom stereocenters. The minimum atomic E-state index is -1.75. The summed E-state index contributed by atoms with van der Waals surface area (Å²) in [6.07, 6.45) is -1.54. The van der Waals surface area contributed by atoms with Gasteiger partial charge in [-0.2, -0.15) is 0 Å². The number of halogens is 1. The summed E-state index contributed by atoms with van der Waals surface area (Å²) in [6, 6.07) is 0. The van der Waals surface area contributed by atoms with Crippen LogP contribution in [0.1, 0.15) is 20.8 Å². The number of nitrogens with two attached hydrogens (primary N) is 1. The molecule has 0 spiro atoms. The van der Waals surface area contributed by atoms with Crippen LogP contribution in [0.25, 0.3) is 0 Å². The van der Waals surface area contributed by atoms with E-state index in [1.807, 2.05) is 0 Å². The first-order valence-corrected chi connectivity index (χ1v) is 3.49. The summed E-state index contributed by atoms with van der Waals surface area (Å²) in [4.78, 5) is 10.5. The molecule has 0 radical (unpaired) electrons. The van der Waals surface area contributed by atoms with Crippen LogP contribution in [-0.4, -0.2) is 22.8 Å². The van der Waals surface area contributed by atoms with Crippen LogP contribution in [0.3, 0.4) is 0 Å². The molecule has 0 aliphatic rings. The molecule has 0 heterocycles. The Kier molecular flexibility index (Phi) is 2.99. The van der Waals surface area contributed by atoms with Gasteiger partial charge >= 0.3 is 5.97 Å². The highest BCUT2D eigenvalue weighted by Crippen LogP contribution is 2.20. The van der Waals surface area contributed by atoms with Crippen LogP contribution in [0, 0.1) is 5.92 Å². The van der Waals surface area contributed by atoms with Crippen molar-refractivity contribution < 1.29 is 14.3 Å². The van der Waals surface area contributed by atoms with E-state index in [9.17, 15) is 9.18 Å². The average Bonchev–Trinajstić information content (AvgIpc) is 1.84. The second-order valence-corrected chi connectivity index (χ2v) is 3.01. The molecule has 0 aliphatic heterocycles. The Balaban J connectivity index is 4.67.